The second kappa shape index (κ2) is 8.79. The summed E-state index contributed by atoms with van der Waals surface area (Å²) in [6, 6.07) is 7.24. The number of carbonyl (C=O) groups excluding carboxylic acids is 1. The van der Waals surface area contributed by atoms with Crippen molar-refractivity contribution in [1.82, 2.24) is 5.32 Å². The Kier molecular flexibility index (Phi) is 7.01. The van der Waals surface area contributed by atoms with Crippen molar-refractivity contribution in [3.8, 4) is 0 Å². The van der Waals surface area contributed by atoms with Gasteiger partial charge in [-0.25, -0.2) is 0 Å². The van der Waals surface area contributed by atoms with Gasteiger partial charge in [0.2, 0.25) is 5.91 Å². The third-order valence-electron chi connectivity index (χ3n) is 3.15. The summed E-state index contributed by atoms with van der Waals surface area (Å²) < 4.78 is 0. The molecule has 1 aromatic carbocycles. The lowest BCUT2D eigenvalue weighted by atomic mass is 10.0. The molecule has 21 heavy (non-hydrogen) atoms. The van der Waals surface area contributed by atoms with Crippen LogP contribution in [0.3, 0.4) is 0 Å². The Bertz CT molecular complexity index is 495. The molecule has 1 unspecified atom stereocenters. The van der Waals surface area contributed by atoms with Crippen molar-refractivity contribution in [3.05, 3.63) is 35.9 Å². The number of carboxylic acid groups (broad SMARTS) is 1. The van der Waals surface area contributed by atoms with Crippen molar-refractivity contribution in [2.45, 2.75) is 26.2 Å². The Hall–Kier alpha value is -2.30. The number of aliphatic carboxylic acids is 1. The van der Waals surface area contributed by atoms with E-state index < -0.39 is 5.97 Å². The summed E-state index contributed by atoms with van der Waals surface area (Å²) in [6.45, 7) is 2.53. The van der Waals surface area contributed by atoms with Crippen LogP contribution >= 0.6 is 0 Å². The molecule has 1 atom stereocenters. The molecule has 0 aliphatic carbocycles. The number of anilines is 1. The van der Waals surface area contributed by atoms with Crippen LogP contribution in [0.4, 0.5) is 5.69 Å². The minimum atomic E-state index is -0.780. The fourth-order valence-electron chi connectivity index (χ4n) is 1.79. The molecule has 0 aromatic heterocycles. The van der Waals surface area contributed by atoms with Gasteiger partial charge in [0.1, 0.15) is 0 Å². The molecule has 0 radical (unpaired) electrons. The molecule has 1 rings (SSSR count). The first-order chi connectivity index (χ1) is 9.97. The van der Waals surface area contributed by atoms with Crippen molar-refractivity contribution >= 4 is 23.6 Å². The first-order valence-corrected chi connectivity index (χ1v) is 7.00. The van der Waals surface area contributed by atoms with E-state index in [1.807, 2.05) is 19.1 Å². The first-order valence-electron chi connectivity index (χ1n) is 7.00. The molecular weight excluding hydrogens is 268 g/mol. The number of carboxylic acids is 1. The highest BCUT2D eigenvalue weighted by Crippen LogP contribution is 2.09. The Labute approximate surface area is 124 Å². The van der Waals surface area contributed by atoms with Gasteiger partial charge in [0.05, 0.1) is 0 Å². The van der Waals surface area contributed by atoms with Crippen LogP contribution in [0.25, 0.3) is 6.08 Å². The summed E-state index contributed by atoms with van der Waals surface area (Å²) in [5.74, 6) is -0.656. The van der Waals surface area contributed by atoms with Crippen molar-refractivity contribution in [2.24, 2.45) is 5.92 Å². The average molecular weight is 290 g/mol. The molecule has 0 fully saturated rings. The first kappa shape index (κ1) is 16.8. The van der Waals surface area contributed by atoms with Crippen LogP contribution in [0.15, 0.2) is 30.3 Å². The van der Waals surface area contributed by atoms with Crippen LogP contribution in [-0.4, -0.2) is 23.5 Å². The van der Waals surface area contributed by atoms with Gasteiger partial charge in [0.25, 0.3) is 0 Å². The van der Waals surface area contributed by atoms with Gasteiger partial charge in [-0.2, -0.15) is 0 Å². The van der Waals surface area contributed by atoms with Gasteiger partial charge in [-0.3, -0.25) is 9.59 Å². The van der Waals surface area contributed by atoms with Crippen LogP contribution in [0, 0.1) is 5.92 Å². The third-order valence-corrected chi connectivity index (χ3v) is 3.15. The number of benzene rings is 1. The zero-order valence-electron chi connectivity index (χ0n) is 12.2. The van der Waals surface area contributed by atoms with E-state index in [-0.39, 0.29) is 18.2 Å². The number of nitrogen functional groups attached to an aromatic ring is 1. The highest BCUT2D eigenvalue weighted by molar-refractivity contribution is 5.91. The predicted molar refractivity (Wildman–Crippen MR) is 83.5 cm³/mol. The molecule has 114 valence electrons. The highest BCUT2D eigenvalue weighted by Gasteiger charge is 2.05. The number of nitrogens with one attached hydrogen (secondary N) is 1. The normalized spacial score (nSPS) is 12.2. The Balaban J connectivity index is 2.24. The maximum absolute atomic E-state index is 11.6. The zero-order chi connectivity index (χ0) is 15.7. The third kappa shape index (κ3) is 7.77. The summed E-state index contributed by atoms with van der Waals surface area (Å²) in [7, 11) is 0. The molecule has 0 aliphatic rings. The number of hydrogen-bond donors (Lipinski definition) is 3. The molecule has 5 nitrogen and oxygen atoms in total. The van der Waals surface area contributed by atoms with Crippen LogP contribution in [-0.2, 0) is 9.59 Å². The number of carbonyl (C=O) groups is 2. The van der Waals surface area contributed by atoms with E-state index in [9.17, 15) is 9.59 Å². The van der Waals surface area contributed by atoms with Crippen molar-refractivity contribution in [2.75, 3.05) is 12.3 Å². The van der Waals surface area contributed by atoms with Gasteiger partial charge < -0.3 is 16.2 Å². The Morgan fingerprint density at radius 1 is 1.29 bits per heavy atom. The lowest BCUT2D eigenvalue weighted by Crippen LogP contribution is -2.23. The van der Waals surface area contributed by atoms with Crippen molar-refractivity contribution in [3.63, 3.8) is 0 Å². The van der Waals surface area contributed by atoms with E-state index >= 15 is 0 Å². The second-order valence-electron chi connectivity index (χ2n) is 5.12. The van der Waals surface area contributed by atoms with Gasteiger partial charge >= 0.3 is 5.97 Å². The van der Waals surface area contributed by atoms with E-state index in [1.54, 1.807) is 18.2 Å². The summed E-state index contributed by atoms with van der Waals surface area (Å²) in [5, 5.41) is 11.4. The maximum Gasteiger partial charge on any atom is 0.303 e. The minimum Gasteiger partial charge on any atom is -0.481 e. The molecule has 0 aliphatic heterocycles. The van der Waals surface area contributed by atoms with Crippen molar-refractivity contribution in [1.29, 1.82) is 0 Å². The molecule has 0 heterocycles. The molecule has 5 heteroatoms. The van der Waals surface area contributed by atoms with Crippen LogP contribution < -0.4 is 11.1 Å². The van der Waals surface area contributed by atoms with Gasteiger partial charge in [0.15, 0.2) is 0 Å². The SMILES string of the molecule is CC(CCNC(=O)/C=C/c1ccc(N)cc1)CCC(=O)O. The topological polar surface area (TPSA) is 92.4 Å². The van der Waals surface area contributed by atoms with Gasteiger partial charge in [-0.05, 0) is 42.5 Å². The number of rotatable bonds is 8. The molecule has 1 amide bonds. The van der Waals surface area contributed by atoms with E-state index in [2.05, 4.69) is 5.32 Å². The molecule has 0 bridgehead atoms. The van der Waals surface area contributed by atoms with E-state index in [0.717, 1.165) is 12.0 Å². The van der Waals surface area contributed by atoms with E-state index in [0.29, 0.717) is 18.7 Å². The Morgan fingerprint density at radius 3 is 2.57 bits per heavy atom. The highest BCUT2D eigenvalue weighted by atomic mass is 16.4. The fraction of sp³-hybridized carbons (Fsp3) is 0.375. The van der Waals surface area contributed by atoms with Crippen molar-refractivity contribution < 1.29 is 14.7 Å². The van der Waals surface area contributed by atoms with E-state index in [1.165, 1.54) is 6.08 Å². The summed E-state index contributed by atoms with van der Waals surface area (Å²) >= 11 is 0. The summed E-state index contributed by atoms with van der Waals surface area (Å²) in [6.07, 6.45) is 4.78. The Morgan fingerprint density at radius 2 is 1.95 bits per heavy atom. The van der Waals surface area contributed by atoms with Gasteiger partial charge in [-0.1, -0.05) is 19.1 Å². The summed E-state index contributed by atoms with van der Waals surface area (Å²) in [4.78, 5) is 22.1. The second-order valence-corrected chi connectivity index (χ2v) is 5.12. The monoisotopic (exact) mass is 290 g/mol. The number of amides is 1. The van der Waals surface area contributed by atoms with Gasteiger partial charge in [-0.15, -0.1) is 0 Å². The maximum atomic E-state index is 11.6. The predicted octanol–water partition coefficient (Wildman–Crippen LogP) is 2.29. The van der Waals surface area contributed by atoms with Crippen LogP contribution in [0.5, 0.6) is 0 Å². The van der Waals surface area contributed by atoms with E-state index in [4.69, 9.17) is 10.8 Å². The largest absolute Gasteiger partial charge is 0.481 e. The quantitative estimate of drug-likeness (QED) is 0.506. The molecule has 0 spiro atoms. The smallest absolute Gasteiger partial charge is 0.303 e. The molecule has 1 aromatic rings. The lowest BCUT2D eigenvalue weighted by Gasteiger charge is -2.09. The number of nitrogens with two attached hydrogens (primary N) is 1. The van der Waals surface area contributed by atoms with Crippen LogP contribution in [0.2, 0.25) is 0 Å². The van der Waals surface area contributed by atoms with Crippen LogP contribution in [0.1, 0.15) is 31.7 Å². The molecular formula is C16H22N2O3. The fourth-order valence-corrected chi connectivity index (χ4v) is 1.79. The minimum absolute atomic E-state index is 0.155. The van der Waals surface area contributed by atoms with Gasteiger partial charge in [0, 0.05) is 24.7 Å². The lowest BCUT2D eigenvalue weighted by molar-refractivity contribution is -0.137. The molecule has 0 saturated heterocycles. The summed E-state index contributed by atoms with van der Waals surface area (Å²) in [5.41, 5.74) is 7.18. The standard InChI is InChI=1S/C16H22N2O3/c1-12(2-9-16(20)21)10-11-18-15(19)8-5-13-3-6-14(17)7-4-13/h3-8,12H,2,9-11,17H2,1H3,(H,18,19)(H,20,21)/b8-5+. The molecule has 4 N–H and O–H groups in total. The molecule has 0 saturated carbocycles. The average Bonchev–Trinajstić information content (AvgIpc) is 2.44. The zero-order valence-corrected chi connectivity index (χ0v) is 12.2. The number of hydrogen-bond acceptors (Lipinski definition) is 3.